The van der Waals surface area contributed by atoms with Gasteiger partial charge in [0.15, 0.2) is 11.6 Å². The molecule has 3 heterocycles. The fraction of sp³-hybridized carbons (Fsp3) is 0.526. The minimum atomic E-state index is -3.21. The molecule has 0 atom stereocenters. The lowest BCUT2D eigenvalue weighted by Gasteiger charge is -2.31. The normalized spacial score (nSPS) is 16.1. The highest BCUT2D eigenvalue weighted by Gasteiger charge is 2.27. The number of piperidine rings is 1. The number of halogens is 2. The van der Waals surface area contributed by atoms with E-state index in [1.807, 2.05) is 0 Å². The Morgan fingerprint density at radius 2 is 1.90 bits per heavy atom. The second-order valence-electron chi connectivity index (χ2n) is 7.29. The molecule has 0 bridgehead atoms. The Balaban J connectivity index is 1.73. The van der Waals surface area contributed by atoms with Crippen molar-refractivity contribution >= 4 is 16.0 Å². The summed E-state index contributed by atoms with van der Waals surface area (Å²) >= 11 is 0. The first-order valence-corrected chi connectivity index (χ1v) is 11.4. The lowest BCUT2D eigenvalue weighted by atomic mass is 10.1. The third-order valence-electron chi connectivity index (χ3n) is 4.72. The van der Waals surface area contributed by atoms with E-state index < -0.39 is 21.7 Å². The first-order valence-electron chi connectivity index (χ1n) is 9.79. The summed E-state index contributed by atoms with van der Waals surface area (Å²) in [5, 5.41) is 3.11. The number of aromatic nitrogens is 3. The molecule has 164 valence electrons. The van der Waals surface area contributed by atoms with E-state index >= 15 is 0 Å². The van der Waals surface area contributed by atoms with E-state index in [1.165, 1.54) is 10.5 Å². The van der Waals surface area contributed by atoms with E-state index in [0.29, 0.717) is 25.9 Å². The van der Waals surface area contributed by atoms with Gasteiger partial charge in [-0.3, -0.25) is 0 Å². The molecule has 0 spiro atoms. The summed E-state index contributed by atoms with van der Waals surface area (Å²) in [5.41, 5.74) is 0.0800. The molecule has 30 heavy (non-hydrogen) atoms. The van der Waals surface area contributed by atoms with Gasteiger partial charge in [0.2, 0.25) is 16.0 Å². The predicted octanol–water partition coefficient (Wildman–Crippen LogP) is 2.83. The van der Waals surface area contributed by atoms with Gasteiger partial charge in [0.05, 0.1) is 18.1 Å². The number of hydrogen-bond acceptors (Lipinski definition) is 7. The second kappa shape index (κ2) is 9.17. The van der Waals surface area contributed by atoms with Crippen LogP contribution in [0.5, 0.6) is 5.88 Å². The van der Waals surface area contributed by atoms with Crippen LogP contribution in [0, 0.1) is 11.6 Å². The van der Waals surface area contributed by atoms with E-state index in [2.05, 4.69) is 20.3 Å². The first kappa shape index (κ1) is 22.3. The molecule has 2 aromatic heterocycles. The predicted molar refractivity (Wildman–Crippen MR) is 109 cm³/mol. The number of hydrogen-bond donors (Lipinski definition) is 1. The van der Waals surface area contributed by atoms with Gasteiger partial charge in [0.1, 0.15) is 5.69 Å². The standard InChI is InChI=1S/C19H25F2N5O3S/c1-4-30(27,28)26-7-5-14(6-8-26)24-19-23-11-16(21)17(25-19)13-9-15(20)18(22-10-13)29-12(2)3/h9-12,14H,4-8H2,1-3H3,(H,23,24,25). The molecule has 0 aliphatic carbocycles. The van der Waals surface area contributed by atoms with Crippen molar-refractivity contribution in [3.05, 3.63) is 30.1 Å². The number of nitrogens with one attached hydrogen (secondary N) is 1. The maximum Gasteiger partial charge on any atom is 0.250 e. The Labute approximate surface area is 174 Å². The molecule has 1 N–H and O–H groups in total. The van der Waals surface area contributed by atoms with Crippen LogP contribution in [-0.2, 0) is 10.0 Å². The highest BCUT2D eigenvalue weighted by atomic mass is 32.2. The van der Waals surface area contributed by atoms with Gasteiger partial charge in [-0.05, 0) is 39.7 Å². The van der Waals surface area contributed by atoms with Gasteiger partial charge in [-0.2, -0.15) is 0 Å². The van der Waals surface area contributed by atoms with Crippen LogP contribution in [0.3, 0.4) is 0 Å². The molecule has 8 nitrogen and oxygen atoms in total. The maximum atomic E-state index is 14.3. The van der Waals surface area contributed by atoms with Crippen molar-refractivity contribution in [2.45, 2.75) is 45.8 Å². The summed E-state index contributed by atoms with van der Waals surface area (Å²) in [6.07, 6.45) is 3.21. The monoisotopic (exact) mass is 441 g/mol. The van der Waals surface area contributed by atoms with Crippen molar-refractivity contribution in [3.8, 4) is 17.1 Å². The van der Waals surface area contributed by atoms with E-state index in [1.54, 1.807) is 20.8 Å². The van der Waals surface area contributed by atoms with Crippen LogP contribution in [0.4, 0.5) is 14.7 Å². The lowest BCUT2D eigenvalue weighted by Crippen LogP contribution is -2.43. The molecule has 1 aliphatic heterocycles. The summed E-state index contributed by atoms with van der Waals surface area (Å²) < 4.78 is 59.2. The number of sulfonamides is 1. The topological polar surface area (TPSA) is 97.3 Å². The molecule has 0 radical (unpaired) electrons. The van der Waals surface area contributed by atoms with Crippen LogP contribution in [0.15, 0.2) is 18.5 Å². The van der Waals surface area contributed by atoms with Crippen LogP contribution in [0.2, 0.25) is 0 Å². The van der Waals surface area contributed by atoms with Gasteiger partial charge < -0.3 is 10.1 Å². The van der Waals surface area contributed by atoms with Crippen molar-refractivity contribution in [1.82, 2.24) is 19.3 Å². The Hall–Kier alpha value is -2.40. The molecular formula is C19H25F2N5O3S. The Kier molecular flexibility index (Phi) is 6.81. The molecule has 0 aromatic carbocycles. The van der Waals surface area contributed by atoms with Gasteiger partial charge >= 0.3 is 0 Å². The van der Waals surface area contributed by atoms with Gasteiger partial charge in [-0.1, -0.05) is 0 Å². The van der Waals surface area contributed by atoms with Gasteiger partial charge in [-0.15, -0.1) is 0 Å². The molecule has 11 heteroatoms. The van der Waals surface area contributed by atoms with Crippen LogP contribution in [0.25, 0.3) is 11.3 Å². The fourth-order valence-corrected chi connectivity index (χ4v) is 4.28. The van der Waals surface area contributed by atoms with E-state index in [4.69, 9.17) is 4.74 Å². The summed E-state index contributed by atoms with van der Waals surface area (Å²) in [6.45, 7) is 5.91. The van der Waals surface area contributed by atoms with Crippen molar-refractivity contribution < 1.29 is 21.9 Å². The molecule has 2 aromatic rings. The Morgan fingerprint density at radius 1 is 1.20 bits per heavy atom. The summed E-state index contributed by atoms with van der Waals surface area (Å²) in [5.74, 6) is -1.32. The summed E-state index contributed by atoms with van der Waals surface area (Å²) in [6, 6.07) is 1.07. The van der Waals surface area contributed by atoms with Gasteiger partial charge in [0, 0.05) is 30.9 Å². The van der Waals surface area contributed by atoms with Crippen LogP contribution in [-0.4, -0.2) is 58.7 Å². The summed E-state index contributed by atoms with van der Waals surface area (Å²) in [7, 11) is -3.21. The fourth-order valence-electron chi connectivity index (χ4n) is 3.15. The molecule has 3 rings (SSSR count). The quantitative estimate of drug-likeness (QED) is 0.706. The number of pyridine rings is 1. The molecule has 0 saturated carbocycles. The van der Waals surface area contributed by atoms with Crippen molar-refractivity contribution in [2.24, 2.45) is 0 Å². The summed E-state index contributed by atoms with van der Waals surface area (Å²) in [4.78, 5) is 12.0. The largest absolute Gasteiger partial charge is 0.473 e. The number of rotatable bonds is 7. The number of nitrogens with zero attached hydrogens (tertiary/aromatic N) is 4. The van der Waals surface area contributed by atoms with Crippen LogP contribution in [0.1, 0.15) is 33.6 Å². The zero-order valence-electron chi connectivity index (χ0n) is 17.1. The Morgan fingerprint density at radius 3 is 2.50 bits per heavy atom. The smallest absolute Gasteiger partial charge is 0.250 e. The number of ether oxygens (including phenoxy) is 1. The van der Waals surface area contributed by atoms with Gasteiger partial charge in [-0.25, -0.2) is 36.5 Å². The van der Waals surface area contributed by atoms with Crippen molar-refractivity contribution in [2.75, 3.05) is 24.2 Å². The molecular weight excluding hydrogens is 416 g/mol. The highest BCUT2D eigenvalue weighted by molar-refractivity contribution is 7.89. The zero-order chi connectivity index (χ0) is 21.9. The first-order chi connectivity index (χ1) is 14.2. The average Bonchev–Trinajstić information content (AvgIpc) is 2.71. The van der Waals surface area contributed by atoms with Crippen LogP contribution < -0.4 is 10.1 Å². The van der Waals surface area contributed by atoms with E-state index in [0.717, 1.165) is 12.3 Å². The number of anilines is 1. The minimum Gasteiger partial charge on any atom is -0.473 e. The zero-order valence-corrected chi connectivity index (χ0v) is 17.9. The van der Waals surface area contributed by atoms with E-state index in [9.17, 15) is 17.2 Å². The lowest BCUT2D eigenvalue weighted by molar-refractivity contribution is 0.221. The molecule has 1 saturated heterocycles. The van der Waals surface area contributed by atoms with Crippen molar-refractivity contribution in [1.29, 1.82) is 0 Å². The molecule has 0 unspecified atom stereocenters. The second-order valence-corrected chi connectivity index (χ2v) is 9.54. The molecule has 0 amide bonds. The minimum absolute atomic E-state index is 0.0525. The maximum absolute atomic E-state index is 14.3. The average molecular weight is 442 g/mol. The third kappa shape index (κ3) is 5.20. The molecule has 1 aliphatic rings. The highest BCUT2D eigenvalue weighted by Crippen LogP contribution is 2.26. The Bertz CT molecular complexity index is 996. The van der Waals surface area contributed by atoms with Crippen molar-refractivity contribution in [3.63, 3.8) is 0 Å². The molecule has 1 fully saturated rings. The third-order valence-corrected chi connectivity index (χ3v) is 6.60. The van der Waals surface area contributed by atoms with Crippen LogP contribution >= 0.6 is 0 Å². The SMILES string of the molecule is CCS(=O)(=O)N1CCC(Nc2ncc(F)c(-c3cnc(OC(C)C)c(F)c3)n2)CC1. The van der Waals surface area contributed by atoms with Gasteiger partial charge in [0.25, 0.3) is 5.88 Å². The van der Waals surface area contributed by atoms with E-state index in [-0.39, 0.29) is 41.0 Å².